The Hall–Kier alpha value is -3.22. The van der Waals surface area contributed by atoms with Crippen LogP contribution in [0.25, 0.3) is 0 Å². The van der Waals surface area contributed by atoms with Crippen LogP contribution in [0.2, 0.25) is 0 Å². The minimum Gasteiger partial charge on any atom is -0.497 e. The number of carbonyl (C=O) groups excluding carboxylic acids is 1. The third-order valence-electron chi connectivity index (χ3n) is 3.35. The van der Waals surface area contributed by atoms with Gasteiger partial charge in [-0.15, -0.1) is 0 Å². The molecule has 0 bridgehead atoms. The molecule has 0 aliphatic heterocycles. The molecule has 0 aliphatic rings. The molecule has 0 aliphatic carbocycles. The average molecular weight is 359 g/mol. The van der Waals surface area contributed by atoms with Gasteiger partial charge in [0.15, 0.2) is 6.61 Å². The van der Waals surface area contributed by atoms with Crippen LogP contribution in [0.5, 0.6) is 17.2 Å². The number of nitrogens with one attached hydrogen (secondary N) is 1. The lowest BCUT2D eigenvalue weighted by atomic mass is 10.1. The van der Waals surface area contributed by atoms with Crippen molar-refractivity contribution in [1.29, 1.82) is 0 Å². The first-order valence-electron chi connectivity index (χ1n) is 8.10. The first-order chi connectivity index (χ1) is 12.5. The van der Waals surface area contributed by atoms with Crippen molar-refractivity contribution in [3.8, 4) is 17.2 Å². The number of hydrogen-bond acceptors (Lipinski definition) is 5. The maximum Gasteiger partial charge on any atom is 0.341 e. The van der Waals surface area contributed by atoms with Crippen LogP contribution in [0.15, 0.2) is 42.5 Å². The fourth-order valence-electron chi connectivity index (χ4n) is 2.16. The summed E-state index contributed by atoms with van der Waals surface area (Å²) in [4.78, 5) is 23.2. The molecule has 0 saturated heterocycles. The van der Waals surface area contributed by atoms with Crippen molar-refractivity contribution >= 4 is 17.6 Å². The quantitative estimate of drug-likeness (QED) is 0.714. The van der Waals surface area contributed by atoms with Crippen LogP contribution in [0.4, 0.5) is 5.69 Å². The van der Waals surface area contributed by atoms with E-state index in [0.717, 1.165) is 6.42 Å². The number of hydrogen-bond donors (Lipinski definition) is 2. The molecule has 7 heteroatoms. The molecule has 2 rings (SSSR count). The van der Waals surface area contributed by atoms with Gasteiger partial charge in [-0.2, -0.15) is 0 Å². The molecule has 138 valence electrons. The highest BCUT2D eigenvalue weighted by molar-refractivity contribution is 6.06. The van der Waals surface area contributed by atoms with Crippen LogP contribution in [-0.2, 0) is 4.79 Å². The van der Waals surface area contributed by atoms with Crippen LogP contribution in [0.3, 0.4) is 0 Å². The van der Waals surface area contributed by atoms with Gasteiger partial charge in [0.2, 0.25) is 0 Å². The van der Waals surface area contributed by atoms with Crippen molar-refractivity contribution in [2.24, 2.45) is 0 Å². The van der Waals surface area contributed by atoms with Crippen molar-refractivity contribution in [3.63, 3.8) is 0 Å². The highest BCUT2D eigenvalue weighted by Crippen LogP contribution is 2.26. The summed E-state index contributed by atoms with van der Waals surface area (Å²) in [5, 5.41) is 11.4. The molecular formula is C19H21NO6. The van der Waals surface area contributed by atoms with Gasteiger partial charge in [-0.3, -0.25) is 4.79 Å². The predicted molar refractivity (Wildman–Crippen MR) is 96.3 cm³/mol. The molecule has 0 atom stereocenters. The van der Waals surface area contributed by atoms with Gasteiger partial charge in [-0.05, 0) is 30.7 Å². The molecule has 0 unspecified atom stereocenters. The molecule has 0 aromatic heterocycles. The predicted octanol–water partition coefficient (Wildman–Crippen LogP) is 3.20. The SMILES string of the molecule is CCCOc1cc(OC)ccc1C(=O)Nc1cccc(OCC(=O)O)c1. The Morgan fingerprint density at radius 2 is 1.88 bits per heavy atom. The van der Waals surface area contributed by atoms with E-state index in [1.54, 1.807) is 49.6 Å². The summed E-state index contributed by atoms with van der Waals surface area (Å²) < 4.78 is 15.9. The van der Waals surface area contributed by atoms with E-state index >= 15 is 0 Å². The Morgan fingerprint density at radius 1 is 1.08 bits per heavy atom. The number of rotatable bonds is 9. The minimum absolute atomic E-state index is 0.349. The molecule has 2 aromatic rings. The van der Waals surface area contributed by atoms with Crippen LogP contribution < -0.4 is 19.5 Å². The van der Waals surface area contributed by atoms with E-state index in [1.807, 2.05) is 6.92 Å². The summed E-state index contributed by atoms with van der Waals surface area (Å²) in [6, 6.07) is 11.5. The zero-order valence-electron chi connectivity index (χ0n) is 14.7. The van der Waals surface area contributed by atoms with Crippen LogP contribution in [-0.4, -0.2) is 37.3 Å². The molecule has 0 fully saturated rings. The topological polar surface area (TPSA) is 94.1 Å². The number of ether oxygens (including phenoxy) is 3. The summed E-state index contributed by atoms with van der Waals surface area (Å²) in [5.41, 5.74) is 0.853. The molecule has 26 heavy (non-hydrogen) atoms. The van der Waals surface area contributed by atoms with Gasteiger partial charge in [0.05, 0.1) is 19.3 Å². The molecule has 2 aromatic carbocycles. The average Bonchev–Trinajstić information content (AvgIpc) is 2.64. The monoisotopic (exact) mass is 359 g/mol. The minimum atomic E-state index is -1.07. The third-order valence-corrected chi connectivity index (χ3v) is 3.35. The summed E-state index contributed by atoms with van der Waals surface area (Å²) >= 11 is 0. The summed E-state index contributed by atoms with van der Waals surface area (Å²) in [7, 11) is 1.54. The van der Waals surface area contributed by atoms with Crippen molar-refractivity contribution in [2.45, 2.75) is 13.3 Å². The van der Waals surface area contributed by atoms with Crippen LogP contribution >= 0.6 is 0 Å². The highest BCUT2D eigenvalue weighted by atomic mass is 16.5. The van der Waals surface area contributed by atoms with Crippen LogP contribution in [0.1, 0.15) is 23.7 Å². The molecule has 0 spiro atoms. The fraction of sp³-hybridized carbons (Fsp3) is 0.263. The van der Waals surface area contributed by atoms with E-state index in [9.17, 15) is 9.59 Å². The van der Waals surface area contributed by atoms with Gasteiger partial charge in [-0.25, -0.2) is 4.79 Å². The van der Waals surface area contributed by atoms with E-state index in [-0.39, 0.29) is 5.91 Å². The molecule has 7 nitrogen and oxygen atoms in total. The largest absolute Gasteiger partial charge is 0.497 e. The first-order valence-corrected chi connectivity index (χ1v) is 8.10. The van der Waals surface area contributed by atoms with Gasteiger partial charge in [0.1, 0.15) is 17.2 Å². The number of anilines is 1. The van der Waals surface area contributed by atoms with Crippen molar-refractivity contribution in [1.82, 2.24) is 0 Å². The van der Waals surface area contributed by atoms with E-state index in [4.69, 9.17) is 19.3 Å². The summed E-state index contributed by atoms with van der Waals surface area (Å²) in [5.74, 6) is -0.0504. The van der Waals surface area contributed by atoms with E-state index in [2.05, 4.69) is 5.32 Å². The summed E-state index contributed by atoms with van der Waals surface area (Å²) in [6.07, 6.45) is 0.807. The van der Waals surface area contributed by atoms with Crippen molar-refractivity contribution in [2.75, 3.05) is 25.6 Å². The smallest absolute Gasteiger partial charge is 0.341 e. The second kappa shape index (κ2) is 9.31. The fourth-order valence-corrected chi connectivity index (χ4v) is 2.16. The van der Waals surface area contributed by atoms with E-state index in [1.165, 1.54) is 0 Å². The standard InChI is InChI=1S/C19H21NO6/c1-3-9-25-17-11-14(24-2)7-8-16(17)19(23)20-13-5-4-6-15(10-13)26-12-18(21)22/h4-8,10-11H,3,9,12H2,1-2H3,(H,20,23)(H,21,22). The number of amides is 1. The van der Waals surface area contributed by atoms with E-state index in [0.29, 0.717) is 35.1 Å². The zero-order valence-corrected chi connectivity index (χ0v) is 14.7. The maximum atomic E-state index is 12.6. The number of carboxylic acid groups (broad SMARTS) is 1. The van der Waals surface area contributed by atoms with Gasteiger partial charge in [0, 0.05) is 17.8 Å². The second-order valence-corrected chi connectivity index (χ2v) is 5.37. The first kappa shape index (κ1) is 19.1. The number of methoxy groups -OCH3 is 1. The van der Waals surface area contributed by atoms with E-state index < -0.39 is 12.6 Å². The Morgan fingerprint density at radius 3 is 2.58 bits per heavy atom. The lowest BCUT2D eigenvalue weighted by Gasteiger charge is -2.13. The molecule has 0 heterocycles. The summed E-state index contributed by atoms with van der Waals surface area (Å²) in [6.45, 7) is 2.00. The molecule has 0 radical (unpaired) electrons. The van der Waals surface area contributed by atoms with Gasteiger partial charge < -0.3 is 24.6 Å². The van der Waals surface area contributed by atoms with Gasteiger partial charge >= 0.3 is 5.97 Å². The molecular weight excluding hydrogens is 338 g/mol. The van der Waals surface area contributed by atoms with Gasteiger partial charge in [-0.1, -0.05) is 13.0 Å². The third kappa shape index (κ3) is 5.41. The maximum absolute atomic E-state index is 12.6. The molecule has 0 saturated carbocycles. The highest BCUT2D eigenvalue weighted by Gasteiger charge is 2.14. The Balaban J connectivity index is 2.16. The van der Waals surface area contributed by atoms with Crippen LogP contribution in [0, 0.1) is 0 Å². The number of carbonyl (C=O) groups is 2. The normalized spacial score (nSPS) is 10.1. The molecule has 1 amide bonds. The zero-order chi connectivity index (χ0) is 18.9. The number of benzene rings is 2. The number of aliphatic carboxylic acids is 1. The van der Waals surface area contributed by atoms with Crippen molar-refractivity contribution < 1.29 is 28.9 Å². The lowest BCUT2D eigenvalue weighted by molar-refractivity contribution is -0.139. The number of carboxylic acids is 1. The Bertz CT molecular complexity index is 774. The second-order valence-electron chi connectivity index (χ2n) is 5.37. The van der Waals surface area contributed by atoms with Crippen molar-refractivity contribution in [3.05, 3.63) is 48.0 Å². The van der Waals surface area contributed by atoms with Gasteiger partial charge in [0.25, 0.3) is 5.91 Å². The Labute approximate surface area is 151 Å². The lowest BCUT2D eigenvalue weighted by Crippen LogP contribution is -2.14. The Kier molecular flexibility index (Phi) is 6.84. The molecule has 2 N–H and O–H groups in total.